The minimum absolute atomic E-state index is 0.188. The Kier molecular flexibility index (Phi) is 2.80. The Bertz CT molecular complexity index is 441. The molecular weight excluding hydrogens is 218 g/mol. The van der Waals surface area contributed by atoms with Crippen LogP contribution in [-0.2, 0) is 0 Å². The number of rotatable bonds is 3. The second-order valence-electron chi connectivity index (χ2n) is 4.88. The van der Waals surface area contributed by atoms with Crippen molar-refractivity contribution < 1.29 is 0 Å². The molecule has 0 bridgehead atoms. The van der Waals surface area contributed by atoms with Crippen LogP contribution < -0.4 is 15.8 Å². The third-order valence-electron chi connectivity index (χ3n) is 3.33. The molecule has 1 saturated carbocycles. The molecule has 3 rings (SSSR count). The number of hydrogen-bond donors (Lipinski definition) is 2. The van der Waals surface area contributed by atoms with Crippen molar-refractivity contribution in [1.82, 2.24) is 20.5 Å². The Labute approximate surface area is 99.4 Å². The molecule has 1 aromatic rings. The summed E-state index contributed by atoms with van der Waals surface area (Å²) in [5.74, 6) is 0.597. The first-order chi connectivity index (χ1) is 8.31. The Hall–Kier alpha value is -1.43. The van der Waals surface area contributed by atoms with Crippen molar-refractivity contribution in [3.05, 3.63) is 16.6 Å². The average Bonchev–Trinajstić information content (AvgIpc) is 3.13. The van der Waals surface area contributed by atoms with Crippen molar-refractivity contribution in [2.24, 2.45) is 0 Å². The molecule has 2 fully saturated rings. The van der Waals surface area contributed by atoms with Crippen molar-refractivity contribution in [3.63, 3.8) is 0 Å². The van der Waals surface area contributed by atoms with Gasteiger partial charge in [-0.05, 0) is 25.7 Å². The lowest BCUT2D eigenvalue weighted by atomic mass is 10.1. The number of aromatic nitrogens is 3. The largest absolute Gasteiger partial charge is 0.339 e. The Balaban J connectivity index is 1.67. The molecule has 2 heterocycles. The zero-order chi connectivity index (χ0) is 11.7. The minimum Gasteiger partial charge on any atom is -0.339 e. The third-order valence-corrected chi connectivity index (χ3v) is 3.33. The first kappa shape index (κ1) is 10.7. The average molecular weight is 235 g/mol. The van der Waals surface area contributed by atoms with Crippen LogP contribution in [0, 0.1) is 0 Å². The summed E-state index contributed by atoms with van der Waals surface area (Å²) in [4.78, 5) is 16.0. The van der Waals surface area contributed by atoms with Gasteiger partial charge >= 0.3 is 0 Å². The third kappa shape index (κ3) is 2.63. The summed E-state index contributed by atoms with van der Waals surface area (Å²) >= 11 is 0. The molecule has 1 aliphatic heterocycles. The zero-order valence-electron chi connectivity index (χ0n) is 9.72. The van der Waals surface area contributed by atoms with Gasteiger partial charge in [0.25, 0.3) is 5.56 Å². The number of anilines is 1. The molecule has 0 aromatic carbocycles. The molecule has 17 heavy (non-hydrogen) atoms. The molecule has 6 heteroatoms. The highest BCUT2D eigenvalue weighted by Gasteiger charge is 2.28. The van der Waals surface area contributed by atoms with Crippen LogP contribution in [0.1, 0.15) is 25.7 Å². The summed E-state index contributed by atoms with van der Waals surface area (Å²) in [7, 11) is 0. The van der Waals surface area contributed by atoms with Gasteiger partial charge in [-0.15, -0.1) is 10.2 Å². The summed E-state index contributed by atoms with van der Waals surface area (Å²) in [6.45, 7) is 1.85. The second-order valence-corrected chi connectivity index (χ2v) is 4.88. The number of H-pyrrole nitrogens is 1. The fourth-order valence-corrected chi connectivity index (χ4v) is 2.33. The van der Waals surface area contributed by atoms with Crippen LogP contribution in [0.5, 0.6) is 0 Å². The number of nitrogens with one attached hydrogen (secondary N) is 2. The van der Waals surface area contributed by atoms with Gasteiger partial charge in [0.2, 0.25) is 5.95 Å². The molecule has 1 saturated heterocycles. The summed E-state index contributed by atoms with van der Waals surface area (Å²) in [6.07, 6.45) is 6.14. The van der Waals surface area contributed by atoms with E-state index in [9.17, 15) is 4.79 Å². The Morgan fingerprint density at radius 3 is 3.00 bits per heavy atom. The predicted molar refractivity (Wildman–Crippen MR) is 64.0 cm³/mol. The van der Waals surface area contributed by atoms with Crippen LogP contribution in [-0.4, -0.2) is 40.4 Å². The fourth-order valence-electron chi connectivity index (χ4n) is 2.33. The van der Waals surface area contributed by atoms with Crippen molar-refractivity contribution in [2.75, 3.05) is 18.0 Å². The molecule has 1 atom stereocenters. The number of piperidine rings is 1. The van der Waals surface area contributed by atoms with E-state index in [1.807, 2.05) is 0 Å². The predicted octanol–water partition coefficient (Wildman–Crippen LogP) is -0.114. The summed E-state index contributed by atoms with van der Waals surface area (Å²) in [6, 6.07) is 1.24. The maximum absolute atomic E-state index is 11.2. The smallest absolute Gasteiger partial charge is 0.271 e. The van der Waals surface area contributed by atoms with Gasteiger partial charge in [0.15, 0.2) is 0 Å². The van der Waals surface area contributed by atoms with E-state index in [0.29, 0.717) is 12.0 Å². The lowest BCUT2D eigenvalue weighted by Gasteiger charge is -2.33. The van der Waals surface area contributed by atoms with E-state index >= 15 is 0 Å². The number of aromatic amines is 1. The van der Waals surface area contributed by atoms with Crippen LogP contribution in [0.25, 0.3) is 0 Å². The van der Waals surface area contributed by atoms with E-state index in [-0.39, 0.29) is 5.56 Å². The molecule has 0 amide bonds. The maximum atomic E-state index is 11.2. The van der Waals surface area contributed by atoms with Crippen molar-refractivity contribution in [1.29, 1.82) is 0 Å². The van der Waals surface area contributed by atoms with Crippen LogP contribution in [0.3, 0.4) is 0 Å². The normalized spacial score (nSPS) is 24.9. The summed E-state index contributed by atoms with van der Waals surface area (Å²) in [5, 5.41) is 11.3. The van der Waals surface area contributed by atoms with Gasteiger partial charge in [0.1, 0.15) is 6.20 Å². The van der Waals surface area contributed by atoms with E-state index in [1.54, 1.807) is 0 Å². The van der Waals surface area contributed by atoms with Gasteiger partial charge in [-0.1, -0.05) is 0 Å². The van der Waals surface area contributed by atoms with Gasteiger partial charge in [0.05, 0.1) is 0 Å². The molecular formula is C11H17N5O. The van der Waals surface area contributed by atoms with Gasteiger partial charge in [-0.25, -0.2) is 0 Å². The Morgan fingerprint density at radius 1 is 1.35 bits per heavy atom. The molecule has 1 aromatic heterocycles. The first-order valence-corrected chi connectivity index (χ1v) is 6.24. The van der Waals surface area contributed by atoms with Crippen molar-refractivity contribution >= 4 is 5.95 Å². The van der Waals surface area contributed by atoms with Crippen LogP contribution in [0.4, 0.5) is 5.95 Å². The van der Waals surface area contributed by atoms with Crippen LogP contribution >= 0.6 is 0 Å². The van der Waals surface area contributed by atoms with E-state index in [4.69, 9.17) is 0 Å². The zero-order valence-corrected chi connectivity index (χ0v) is 9.72. The highest BCUT2D eigenvalue weighted by molar-refractivity contribution is 5.28. The van der Waals surface area contributed by atoms with Crippen LogP contribution in [0.15, 0.2) is 11.0 Å². The molecule has 1 unspecified atom stereocenters. The minimum atomic E-state index is -0.188. The SMILES string of the molecule is O=c1cnnc(N2CCCC(NC3CC3)C2)[nH]1. The lowest BCUT2D eigenvalue weighted by molar-refractivity contribution is 0.416. The lowest BCUT2D eigenvalue weighted by Crippen LogP contribution is -2.47. The van der Waals surface area contributed by atoms with E-state index in [2.05, 4.69) is 25.4 Å². The van der Waals surface area contributed by atoms with Gasteiger partial charge in [-0.3, -0.25) is 9.78 Å². The maximum Gasteiger partial charge on any atom is 0.271 e. The van der Waals surface area contributed by atoms with Crippen LogP contribution in [0.2, 0.25) is 0 Å². The van der Waals surface area contributed by atoms with E-state index in [1.165, 1.54) is 25.5 Å². The standard InChI is InChI=1S/C11H17N5O/c17-10-6-12-15-11(14-10)16-5-1-2-9(7-16)13-8-3-4-8/h6,8-9,13H,1-5,7H2,(H,14,15,17). The van der Waals surface area contributed by atoms with Crippen molar-refractivity contribution in [2.45, 2.75) is 37.8 Å². The molecule has 1 aliphatic carbocycles. The molecule has 92 valence electrons. The monoisotopic (exact) mass is 235 g/mol. The molecule has 0 radical (unpaired) electrons. The molecule has 0 spiro atoms. The quantitative estimate of drug-likeness (QED) is 0.764. The van der Waals surface area contributed by atoms with Crippen molar-refractivity contribution in [3.8, 4) is 0 Å². The summed E-state index contributed by atoms with van der Waals surface area (Å²) in [5.41, 5.74) is -0.188. The molecule has 2 aliphatic rings. The van der Waals surface area contributed by atoms with Gasteiger partial charge < -0.3 is 10.2 Å². The topological polar surface area (TPSA) is 73.9 Å². The highest BCUT2D eigenvalue weighted by Crippen LogP contribution is 2.22. The number of hydrogen-bond acceptors (Lipinski definition) is 5. The fraction of sp³-hybridized carbons (Fsp3) is 0.727. The Morgan fingerprint density at radius 2 is 2.24 bits per heavy atom. The van der Waals surface area contributed by atoms with Gasteiger partial charge in [0, 0.05) is 25.2 Å². The highest BCUT2D eigenvalue weighted by atomic mass is 16.1. The van der Waals surface area contributed by atoms with E-state index in [0.717, 1.165) is 25.6 Å². The first-order valence-electron chi connectivity index (χ1n) is 6.24. The number of nitrogens with zero attached hydrogens (tertiary/aromatic N) is 3. The molecule has 6 nitrogen and oxygen atoms in total. The summed E-state index contributed by atoms with van der Waals surface area (Å²) < 4.78 is 0. The second kappa shape index (κ2) is 4.44. The van der Waals surface area contributed by atoms with E-state index < -0.39 is 0 Å². The van der Waals surface area contributed by atoms with Gasteiger partial charge in [-0.2, -0.15) is 0 Å². The molecule has 2 N–H and O–H groups in total.